The molecule has 15 heteroatoms. The van der Waals surface area contributed by atoms with E-state index in [9.17, 15) is 57.8 Å². The Kier molecular flexibility index (Phi) is 5.24. The number of hydrogen-bond donors (Lipinski definition) is 3. The molecule has 27 heavy (non-hydrogen) atoms. The quantitative estimate of drug-likeness (QED) is 0.603. The van der Waals surface area contributed by atoms with E-state index in [1.165, 1.54) is 0 Å². The fraction of sp³-hybridized carbons (Fsp3) is 0.667. The molecule has 0 radical (unpaired) electrons. The van der Waals surface area contributed by atoms with Gasteiger partial charge in [0, 0.05) is 6.42 Å². The summed E-state index contributed by atoms with van der Waals surface area (Å²) in [5.74, 6) is 0. The molecule has 0 aliphatic heterocycles. The van der Waals surface area contributed by atoms with Gasteiger partial charge in [0.1, 0.15) is 5.60 Å². The molecule has 3 unspecified atom stereocenters. The van der Waals surface area contributed by atoms with Crippen LogP contribution in [0.4, 0.5) is 52.7 Å². The van der Waals surface area contributed by atoms with Gasteiger partial charge in [-0.25, -0.2) is 8.78 Å². The van der Waals surface area contributed by atoms with Crippen molar-refractivity contribution in [3.8, 4) is 0 Å². The van der Waals surface area contributed by atoms with Crippen molar-refractivity contribution >= 4 is 0 Å². The Morgan fingerprint density at radius 3 is 1.48 bits per heavy atom. The van der Waals surface area contributed by atoms with Crippen LogP contribution in [0, 0.1) is 0 Å². The zero-order valence-electron chi connectivity index (χ0n) is 12.3. The first-order valence-electron chi connectivity index (χ1n) is 6.39. The second kappa shape index (κ2) is 6.01. The van der Waals surface area contributed by atoms with Crippen molar-refractivity contribution in [3.05, 3.63) is 23.8 Å². The summed E-state index contributed by atoms with van der Waals surface area (Å²) >= 11 is 0. The van der Waals surface area contributed by atoms with Gasteiger partial charge < -0.3 is 15.3 Å². The Balaban J connectivity index is 3.65. The van der Waals surface area contributed by atoms with Crippen LogP contribution in [-0.2, 0) is 0 Å². The monoisotopic (exact) mass is 428 g/mol. The third-order valence-corrected chi connectivity index (χ3v) is 3.78. The lowest BCUT2D eigenvalue weighted by molar-refractivity contribution is -0.402. The maximum absolute atomic E-state index is 14.1. The smallest absolute Gasteiger partial charge is 0.381 e. The first-order chi connectivity index (χ1) is 11.6. The van der Waals surface area contributed by atoms with Gasteiger partial charge in [-0.3, -0.25) is 0 Å². The molecule has 1 rings (SSSR count). The van der Waals surface area contributed by atoms with Crippen LogP contribution in [-0.4, -0.2) is 56.8 Å². The van der Waals surface area contributed by atoms with Gasteiger partial charge in [-0.15, -0.1) is 0 Å². The number of hydrogen-bond acceptors (Lipinski definition) is 3. The van der Waals surface area contributed by atoms with E-state index in [-0.39, 0.29) is 12.2 Å². The van der Waals surface area contributed by atoms with Gasteiger partial charge in [0.25, 0.3) is 0 Å². The van der Waals surface area contributed by atoms with Crippen molar-refractivity contribution in [2.24, 2.45) is 0 Å². The highest BCUT2D eigenvalue weighted by molar-refractivity contribution is 5.38. The predicted molar refractivity (Wildman–Crippen MR) is 60.9 cm³/mol. The van der Waals surface area contributed by atoms with Gasteiger partial charge in [0.2, 0.25) is 0 Å². The average Bonchev–Trinajstić information content (AvgIpc) is 2.40. The summed E-state index contributed by atoms with van der Waals surface area (Å²) in [6, 6.07) is 0. The molecule has 0 aromatic carbocycles. The van der Waals surface area contributed by atoms with Crippen molar-refractivity contribution in [2.75, 3.05) is 0 Å². The molecule has 3 N–H and O–H groups in total. The number of alkyl halides is 12. The van der Waals surface area contributed by atoms with Crippen LogP contribution >= 0.6 is 0 Å². The Morgan fingerprint density at radius 1 is 0.741 bits per heavy atom. The van der Waals surface area contributed by atoms with Crippen LogP contribution in [0.3, 0.4) is 0 Å². The number of allylic oxidation sites excluding steroid dienone is 2. The molecule has 1 aliphatic carbocycles. The summed E-state index contributed by atoms with van der Waals surface area (Å²) in [7, 11) is 0. The molecule has 0 saturated carbocycles. The van der Waals surface area contributed by atoms with Gasteiger partial charge in [-0.05, 0) is 11.6 Å². The third kappa shape index (κ3) is 3.29. The molecule has 0 spiro atoms. The summed E-state index contributed by atoms with van der Waals surface area (Å²) in [5.41, 5.74) is -20.1. The lowest BCUT2D eigenvalue weighted by atomic mass is 9.72. The van der Waals surface area contributed by atoms with Crippen LogP contribution in [0.5, 0.6) is 0 Å². The highest BCUT2D eigenvalue weighted by atomic mass is 19.4. The van der Waals surface area contributed by atoms with Crippen LogP contribution in [0.2, 0.25) is 0 Å². The first kappa shape index (κ1) is 23.6. The van der Waals surface area contributed by atoms with E-state index in [2.05, 4.69) is 0 Å². The molecule has 3 atom stereocenters. The summed E-state index contributed by atoms with van der Waals surface area (Å²) < 4.78 is 156. The van der Waals surface area contributed by atoms with Crippen LogP contribution in [0.25, 0.3) is 0 Å². The minimum atomic E-state index is -6.87. The van der Waals surface area contributed by atoms with Gasteiger partial charge in [0.15, 0.2) is 0 Å². The van der Waals surface area contributed by atoms with Gasteiger partial charge in [-0.1, -0.05) is 12.2 Å². The Bertz CT molecular complexity index is 608. The van der Waals surface area contributed by atoms with Crippen molar-refractivity contribution in [3.63, 3.8) is 0 Å². The van der Waals surface area contributed by atoms with E-state index >= 15 is 0 Å². The molecular weight excluding hydrogens is 420 g/mol. The lowest BCUT2D eigenvalue weighted by Crippen LogP contribution is -2.70. The second-order valence-electron chi connectivity index (χ2n) is 5.55. The Hall–Kier alpha value is -1.48. The summed E-state index contributed by atoms with van der Waals surface area (Å²) in [4.78, 5) is 0. The highest BCUT2D eigenvalue weighted by Gasteiger charge is 2.81. The number of halogens is 12. The van der Waals surface area contributed by atoms with Crippen molar-refractivity contribution in [1.29, 1.82) is 0 Å². The Labute approximate surface area is 141 Å². The van der Waals surface area contributed by atoms with Crippen molar-refractivity contribution in [2.45, 2.75) is 47.9 Å². The maximum Gasteiger partial charge on any atom is 0.435 e. The number of rotatable bonds is 4. The van der Waals surface area contributed by atoms with E-state index in [0.717, 1.165) is 0 Å². The molecule has 0 heterocycles. The molecule has 0 amide bonds. The fourth-order valence-electron chi connectivity index (χ4n) is 2.43. The fourth-order valence-corrected chi connectivity index (χ4v) is 2.43. The molecular formula is C12H8F12O3. The van der Waals surface area contributed by atoms with Crippen LogP contribution < -0.4 is 0 Å². The van der Waals surface area contributed by atoms with E-state index in [4.69, 9.17) is 10.2 Å². The first-order valence-corrected chi connectivity index (χ1v) is 6.39. The summed E-state index contributed by atoms with van der Waals surface area (Å²) in [5, 5.41) is 26.1. The predicted octanol–water partition coefficient (Wildman–Crippen LogP) is 3.32. The van der Waals surface area contributed by atoms with E-state index < -0.39 is 59.6 Å². The standard InChI is InChI=1S/C12H8F12O3/c13-7(9(15,16)17,11(21,22)26)5-2-1-3-6(25,4-5)8(14,10(18,19)20)12(23,24)27/h1-3,25-27H,4H2. The zero-order valence-corrected chi connectivity index (χ0v) is 12.3. The highest BCUT2D eigenvalue weighted by Crippen LogP contribution is 2.57. The van der Waals surface area contributed by atoms with Crippen molar-refractivity contribution in [1.82, 2.24) is 0 Å². The average molecular weight is 428 g/mol. The molecule has 0 bridgehead atoms. The minimum absolute atomic E-state index is 0.254. The van der Waals surface area contributed by atoms with E-state index in [0.29, 0.717) is 0 Å². The molecule has 158 valence electrons. The van der Waals surface area contributed by atoms with Crippen molar-refractivity contribution < 1.29 is 68.0 Å². The van der Waals surface area contributed by atoms with Crippen LogP contribution in [0.1, 0.15) is 6.42 Å². The minimum Gasteiger partial charge on any atom is -0.381 e. The molecule has 0 aromatic heterocycles. The lowest BCUT2D eigenvalue weighted by Gasteiger charge is -2.45. The maximum atomic E-state index is 14.1. The third-order valence-electron chi connectivity index (χ3n) is 3.78. The largest absolute Gasteiger partial charge is 0.435 e. The second-order valence-corrected chi connectivity index (χ2v) is 5.55. The van der Waals surface area contributed by atoms with Gasteiger partial charge in [-0.2, -0.15) is 43.9 Å². The molecule has 0 fully saturated rings. The number of aliphatic hydroxyl groups is 3. The van der Waals surface area contributed by atoms with Gasteiger partial charge in [0.05, 0.1) is 0 Å². The van der Waals surface area contributed by atoms with E-state index in [1.54, 1.807) is 0 Å². The summed E-state index contributed by atoms with van der Waals surface area (Å²) in [6.07, 6.45) is -30.3. The van der Waals surface area contributed by atoms with Gasteiger partial charge >= 0.3 is 35.9 Å². The normalized spacial score (nSPS) is 27.0. The molecule has 0 aromatic rings. The molecule has 0 saturated heterocycles. The topological polar surface area (TPSA) is 60.7 Å². The van der Waals surface area contributed by atoms with Crippen LogP contribution in [0.15, 0.2) is 23.8 Å². The van der Waals surface area contributed by atoms with E-state index in [1.807, 2.05) is 0 Å². The SMILES string of the molecule is OC(F)(F)C(F)(C1=CC=CC(O)(C(F)(C(O)(F)F)C(F)(F)F)C1)C(F)(F)F. The summed E-state index contributed by atoms with van der Waals surface area (Å²) in [6.45, 7) is 0. The molecule has 3 nitrogen and oxygen atoms in total. The molecule has 1 aliphatic rings. The Morgan fingerprint density at radius 2 is 1.19 bits per heavy atom. The zero-order chi connectivity index (χ0) is 21.9.